The Labute approximate surface area is 209 Å². The van der Waals surface area contributed by atoms with Gasteiger partial charge < -0.3 is 14.5 Å². The summed E-state index contributed by atoms with van der Waals surface area (Å²) in [5.41, 5.74) is 2.22. The molecule has 2 heterocycles. The average molecular weight is 482 g/mol. The summed E-state index contributed by atoms with van der Waals surface area (Å²) in [5.74, 6) is 0.951. The van der Waals surface area contributed by atoms with Gasteiger partial charge >= 0.3 is 0 Å². The maximum absolute atomic E-state index is 13.5. The van der Waals surface area contributed by atoms with Gasteiger partial charge in [0.15, 0.2) is 5.82 Å². The van der Waals surface area contributed by atoms with Gasteiger partial charge in [-0.15, -0.1) is 5.10 Å². The Morgan fingerprint density at radius 2 is 1.36 bits per heavy atom. The standard InChI is InChI=1S/C28H27N5O3/c1-36-24-16-9-8-15-23(24)27(34)31-17-10-18-32(20-19-31)28(35)25-29-26(21-11-4-2-5-12-21)33(30-25)22-13-6-3-7-14-22/h2-9,11-16H,10,17-20H2,1H3. The van der Waals surface area contributed by atoms with Crippen LogP contribution in [-0.4, -0.2) is 69.7 Å². The first-order chi connectivity index (χ1) is 17.7. The van der Waals surface area contributed by atoms with Crippen molar-refractivity contribution in [3.8, 4) is 22.8 Å². The van der Waals surface area contributed by atoms with Gasteiger partial charge in [-0.1, -0.05) is 60.7 Å². The van der Waals surface area contributed by atoms with Crippen LogP contribution in [0.4, 0.5) is 0 Å². The summed E-state index contributed by atoms with van der Waals surface area (Å²) in [4.78, 5) is 34.8. The van der Waals surface area contributed by atoms with E-state index in [0.717, 1.165) is 11.3 Å². The van der Waals surface area contributed by atoms with Crippen molar-refractivity contribution < 1.29 is 14.3 Å². The van der Waals surface area contributed by atoms with Gasteiger partial charge in [0, 0.05) is 31.7 Å². The fourth-order valence-electron chi connectivity index (χ4n) is 4.38. The lowest BCUT2D eigenvalue weighted by Gasteiger charge is -2.22. The third kappa shape index (κ3) is 4.70. The summed E-state index contributed by atoms with van der Waals surface area (Å²) in [6.45, 7) is 1.91. The summed E-state index contributed by atoms with van der Waals surface area (Å²) >= 11 is 0. The van der Waals surface area contributed by atoms with E-state index < -0.39 is 0 Å². The van der Waals surface area contributed by atoms with Crippen molar-refractivity contribution in [3.63, 3.8) is 0 Å². The third-order valence-electron chi connectivity index (χ3n) is 6.24. The molecule has 3 aromatic carbocycles. The molecule has 1 aliphatic rings. The van der Waals surface area contributed by atoms with Crippen molar-refractivity contribution >= 4 is 11.8 Å². The van der Waals surface area contributed by atoms with Gasteiger partial charge in [0.1, 0.15) is 5.75 Å². The van der Waals surface area contributed by atoms with E-state index in [1.807, 2.05) is 72.8 Å². The second kappa shape index (κ2) is 10.4. The first-order valence-corrected chi connectivity index (χ1v) is 11.9. The van der Waals surface area contributed by atoms with E-state index in [1.54, 1.807) is 33.7 Å². The monoisotopic (exact) mass is 481 g/mol. The summed E-state index contributed by atoms with van der Waals surface area (Å²) in [6, 6.07) is 26.6. The van der Waals surface area contributed by atoms with Crippen LogP contribution in [0.3, 0.4) is 0 Å². The van der Waals surface area contributed by atoms with Crippen LogP contribution in [0.1, 0.15) is 27.4 Å². The molecule has 0 N–H and O–H groups in total. The van der Waals surface area contributed by atoms with Crippen LogP contribution in [0.2, 0.25) is 0 Å². The number of para-hydroxylation sites is 2. The highest BCUT2D eigenvalue weighted by atomic mass is 16.5. The highest BCUT2D eigenvalue weighted by Crippen LogP contribution is 2.23. The molecule has 4 aromatic rings. The minimum Gasteiger partial charge on any atom is -0.496 e. The van der Waals surface area contributed by atoms with E-state index in [0.29, 0.717) is 49.7 Å². The Bertz CT molecular complexity index is 1300. The van der Waals surface area contributed by atoms with Crippen molar-refractivity contribution in [1.82, 2.24) is 24.6 Å². The van der Waals surface area contributed by atoms with Gasteiger partial charge in [0.25, 0.3) is 11.8 Å². The zero-order valence-electron chi connectivity index (χ0n) is 20.1. The molecule has 8 heteroatoms. The Hall–Kier alpha value is -4.46. The predicted octanol–water partition coefficient (Wildman–Crippen LogP) is 3.93. The van der Waals surface area contributed by atoms with Crippen molar-refractivity contribution in [2.45, 2.75) is 6.42 Å². The van der Waals surface area contributed by atoms with Crippen molar-refractivity contribution in [2.75, 3.05) is 33.3 Å². The van der Waals surface area contributed by atoms with Crippen LogP contribution in [0.15, 0.2) is 84.9 Å². The summed E-state index contributed by atoms with van der Waals surface area (Å²) in [5, 5.41) is 4.60. The Kier molecular flexibility index (Phi) is 6.75. The zero-order chi connectivity index (χ0) is 24.9. The SMILES string of the molecule is COc1ccccc1C(=O)N1CCCN(C(=O)c2nc(-c3ccccc3)n(-c3ccccc3)n2)CC1. The first-order valence-electron chi connectivity index (χ1n) is 11.9. The molecule has 182 valence electrons. The van der Waals surface area contributed by atoms with Gasteiger partial charge in [-0.2, -0.15) is 0 Å². The first kappa shape index (κ1) is 23.3. The van der Waals surface area contributed by atoms with E-state index in [-0.39, 0.29) is 17.6 Å². The Morgan fingerprint density at radius 3 is 2.06 bits per heavy atom. The minimum atomic E-state index is -0.242. The number of benzene rings is 3. The van der Waals surface area contributed by atoms with Crippen LogP contribution in [0, 0.1) is 0 Å². The molecule has 0 bridgehead atoms. The highest BCUT2D eigenvalue weighted by Gasteiger charge is 2.28. The number of carbonyl (C=O) groups is 2. The lowest BCUT2D eigenvalue weighted by Crippen LogP contribution is -2.37. The largest absolute Gasteiger partial charge is 0.496 e. The summed E-state index contributed by atoms with van der Waals surface area (Å²) in [6.07, 6.45) is 0.664. The maximum atomic E-state index is 13.5. The highest BCUT2D eigenvalue weighted by molar-refractivity contribution is 5.97. The van der Waals surface area contributed by atoms with Gasteiger partial charge in [-0.3, -0.25) is 9.59 Å². The van der Waals surface area contributed by atoms with Gasteiger partial charge in [-0.05, 0) is 30.7 Å². The molecule has 36 heavy (non-hydrogen) atoms. The molecule has 5 rings (SSSR count). The van der Waals surface area contributed by atoms with E-state index in [2.05, 4.69) is 10.1 Å². The lowest BCUT2D eigenvalue weighted by atomic mass is 10.1. The van der Waals surface area contributed by atoms with Crippen LogP contribution in [0.5, 0.6) is 5.75 Å². The fourth-order valence-corrected chi connectivity index (χ4v) is 4.38. The molecule has 1 aromatic heterocycles. The number of amides is 2. The van der Waals surface area contributed by atoms with E-state index in [1.165, 1.54) is 0 Å². The molecule has 1 aliphatic heterocycles. The molecule has 1 saturated heterocycles. The van der Waals surface area contributed by atoms with Crippen LogP contribution in [-0.2, 0) is 0 Å². The summed E-state index contributed by atoms with van der Waals surface area (Å²) < 4.78 is 7.07. The second-order valence-corrected chi connectivity index (χ2v) is 8.51. The van der Waals surface area contributed by atoms with E-state index in [4.69, 9.17) is 4.74 Å². The number of ether oxygens (including phenoxy) is 1. The molecule has 1 fully saturated rings. The molecule has 0 radical (unpaired) electrons. The predicted molar refractivity (Wildman–Crippen MR) is 136 cm³/mol. The number of carbonyl (C=O) groups excluding carboxylic acids is 2. The zero-order valence-corrected chi connectivity index (χ0v) is 20.1. The molecule has 8 nitrogen and oxygen atoms in total. The topological polar surface area (TPSA) is 80.6 Å². The number of hydrogen-bond acceptors (Lipinski definition) is 5. The normalized spacial score (nSPS) is 13.8. The molecular formula is C28H27N5O3. The van der Waals surface area contributed by atoms with Crippen molar-refractivity contribution in [3.05, 3.63) is 96.3 Å². The Morgan fingerprint density at radius 1 is 0.750 bits per heavy atom. The number of nitrogens with zero attached hydrogens (tertiary/aromatic N) is 5. The molecule has 0 atom stereocenters. The number of hydrogen-bond donors (Lipinski definition) is 0. The lowest BCUT2D eigenvalue weighted by molar-refractivity contribution is 0.0710. The van der Waals surface area contributed by atoms with Crippen LogP contribution >= 0.6 is 0 Å². The van der Waals surface area contributed by atoms with Gasteiger partial charge in [0.2, 0.25) is 5.82 Å². The van der Waals surface area contributed by atoms with Gasteiger partial charge in [0.05, 0.1) is 18.4 Å². The fraction of sp³-hybridized carbons (Fsp3) is 0.214. The van der Waals surface area contributed by atoms with E-state index in [9.17, 15) is 9.59 Å². The third-order valence-corrected chi connectivity index (χ3v) is 6.24. The maximum Gasteiger partial charge on any atom is 0.293 e. The smallest absolute Gasteiger partial charge is 0.293 e. The Balaban J connectivity index is 1.37. The average Bonchev–Trinajstić information content (AvgIpc) is 3.24. The van der Waals surface area contributed by atoms with Gasteiger partial charge in [-0.25, -0.2) is 9.67 Å². The van der Waals surface area contributed by atoms with Crippen molar-refractivity contribution in [1.29, 1.82) is 0 Å². The van der Waals surface area contributed by atoms with Crippen molar-refractivity contribution in [2.24, 2.45) is 0 Å². The molecular weight excluding hydrogens is 454 g/mol. The molecule has 0 spiro atoms. The number of aromatic nitrogens is 3. The quantitative estimate of drug-likeness (QED) is 0.432. The van der Waals surface area contributed by atoms with Crippen LogP contribution < -0.4 is 4.74 Å². The van der Waals surface area contributed by atoms with E-state index >= 15 is 0 Å². The molecule has 0 aliphatic carbocycles. The molecule has 0 saturated carbocycles. The summed E-state index contributed by atoms with van der Waals surface area (Å²) in [7, 11) is 1.56. The second-order valence-electron chi connectivity index (χ2n) is 8.51. The number of rotatable bonds is 5. The van der Waals surface area contributed by atoms with Crippen LogP contribution in [0.25, 0.3) is 17.1 Å². The molecule has 2 amide bonds. The number of methoxy groups -OCH3 is 1. The molecule has 0 unspecified atom stereocenters. The minimum absolute atomic E-state index is 0.0976.